The molecule has 1 unspecified atom stereocenters. The van der Waals surface area contributed by atoms with Gasteiger partial charge in [-0.2, -0.15) is 0 Å². The molecule has 1 aromatic carbocycles. The summed E-state index contributed by atoms with van der Waals surface area (Å²) in [6.07, 6.45) is 0. The molecule has 0 fully saturated rings. The van der Waals surface area contributed by atoms with Gasteiger partial charge in [-0.05, 0) is 58.9 Å². The fourth-order valence-electron chi connectivity index (χ4n) is 1.67. The summed E-state index contributed by atoms with van der Waals surface area (Å²) < 4.78 is 13.7. The molecule has 17 heavy (non-hydrogen) atoms. The van der Waals surface area contributed by atoms with Gasteiger partial charge in [-0.3, -0.25) is 0 Å². The lowest BCUT2D eigenvalue weighted by molar-refractivity contribution is 0.413. The van der Waals surface area contributed by atoms with Crippen LogP contribution in [-0.4, -0.2) is 13.1 Å². The fraction of sp³-hybridized carbons (Fsp3) is 0.538. The summed E-state index contributed by atoms with van der Waals surface area (Å²) in [6, 6.07) is 3.30. The van der Waals surface area contributed by atoms with Crippen LogP contribution in [0, 0.1) is 24.6 Å². The molecule has 0 bridgehead atoms. The maximum Gasteiger partial charge on any atom is 0.137 e. The molecule has 1 atom stereocenters. The van der Waals surface area contributed by atoms with Crippen molar-refractivity contribution in [3.05, 3.63) is 28.0 Å². The average molecular weight is 303 g/mol. The van der Waals surface area contributed by atoms with Crippen molar-refractivity contribution in [2.75, 3.05) is 18.4 Å². The summed E-state index contributed by atoms with van der Waals surface area (Å²) in [6.45, 7) is 7.68. The molecule has 4 heteroatoms. The summed E-state index contributed by atoms with van der Waals surface area (Å²) in [5.74, 6) is 0.738. The minimum atomic E-state index is -0.229. The van der Waals surface area contributed by atoms with E-state index >= 15 is 0 Å². The third kappa shape index (κ3) is 3.96. The van der Waals surface area contributed by atoms with Crippen LogP contribution in [0.15, 0.2) is 16.6 Å². The molecular formula is C13H20BrFN2. The van der Waals surface area contributed by atoms with E-state index in [0.29, 0.717) is 22.9 Å². The number of rotatable bonds is 5. The quantitative estimate of drug-likeness (QED) is 0.873. The van der Waals surface area contributed by atoms with Crippen LogP contribution in [0.5, 0.6) is 0 Å². The van der Waals surface area contributed by atoms with Gasteiger partial charge in [-0.15, -0.1) is 0 Å². The first-order chi connectivity index (χ1) is 7.95. The lowest BCUT2D eigenvalue weighted by Gasteiger charge is -2.21. The molecular weight excluding hydrogens is 283 g/mol. The highest BCUT2D eigenvalue weighted by Gasteiger charge is 2.12. The number of benzene rings is 1. The molecule has 0 aliphatic rings. The van der Waals surface area contributed by atoms with E-state index in [9.17, 15) is 4.39 Å². The van der Waals surface area contributed by atoms with Gasteiger partial charge in [0.2, 0.25) is 0 Å². The van der Waals surface area contributed by atoms with Gasteiger partial charge in [0.25, 0.3) is 0 Å². The van der Waals surface area contributed by atoms with Crippen molar-refractivity contribution < 1.29 is 4.39 Å². The number of anilines is 1. The van der Waals surface area contributed by atoms with Gasteiger partial charge >= 0.3 is 0 Å². The van der Waals surface area contributed by atoms with E-state index in [2.05, 4.69) is 35.1 Å². The van der Waals surface area contributed by atoms with E-state index in [0.717, 1.165) is 17.8 Å². The van der Waals surface area contributed by atoms with Crippen molar-refractivity contribution in [2.45, 2.75) is 20.8 Å². The largest absolute Gasteiger partial charge is 0.384 e. The summed E-state index contributed by atoms with van der Waals surface area (Å²) in [5, 5.41) is 3.34. The highest BCUT2D eigenvalue weighted by Crippen LogP contribution is 2.24. The Morgan fingerprint density at radius 3 is 2.59 bits per heavy atom. The minimum Gasteiger partial charge on any atom is -0.384 e. The molecule has 0 spiro atoms. The number of hydrogen-bond donors (Lipinski definition) is 2. The summed E-state index contributed by atoms with van der Waals surface area (Å²) >= 11 is 3.19. The highest BCUT2D eigenvalue weighted by molar-refractivity contribution is 9.10. The summed E-state index contributed by atoms with van der Waals surface area (Å²) in [5.41, 5.74) is 7.58. The van der Waals surface area contributed by atoms with Crippen LogP contribution in [0.2, 0.25) is 0 Å². The third-order valence-corrected chi connectivity index (χ3v) is 3.68. The predicted molar refractivity (Wildman–Crippen MR) is 74.7 cm³/mol. The van der Waals surface area contributed by atoms with Crippen molar-refractivity contribution in [1.29, 1.82) is 0 Å². The minimum absolute atomic E-state index is 0.229. The zero-order valence-corrected chi connectivity index (χ0v) is 12.1. The molecule has 0 aliphatic heterocycles. The van der Waals surface area contributed by atoms with E-state index in [1.807, 2.05) is 6.92 Å². The molecule has 2 nitrogen and oxygen atoms in total. The lowest BCUT2D eigenvalue weighted by Crippen LogP contribution is -2.27. The number of hydrogen-bond acceptors (Lipinski definition) is 2. The van der Waals surface area contributed by atoms with Gasteiger partial charge in [-0.1, -0.05) is 13.8 Å². The van der Waals surface area contributed by atoms with Crippen molar-refractivity contribution in [3.63, 3.8) is 0 Å². The molecule has 0 saturated carbocycles. The van der Waals surface area contributed by atoms with E-state index in [1.54, 1.807) is 6.07 Å². The van der Waals surface area contributed by atoms with E-state index in [-0.39, 0.29) is 5.82 Å². The van der Waals surface area contributed by atoms with Crippen LogP contribution in [0.25, 0.3) is 0 Å². The molecule has 0 radical (unpaired) electrons. The average Bonchev–Trinajstić information content (AvgIpc) is 2.25. The number of halogens is 2. The Morgan fingerprint density at radius 2 is 2.06 bits per heavy atom. The van der Waals surface area contributed by atoms with Gasteiger partial charge in [-0.25, -0.2) is 4.39 Å². The second-order valence-corrected chi connectivity index (χ2v) is 5.56. The van der Waals surface area contributed by atoms with Crippen LogP contribution < -0.4 is 11.1 Å². The van der Waals surface area contributed by atoms with E-state index < -0.39 is 0 Å². The standard InChI is InChI=1S/C13H20BrFN2/c1-8(2)10(6-16)7-17-13-5-11(14)12(15)4-9(13)3/h4-5,8,10,17H,6-7,16H2,1-3H3. The van der Waals surface area contributed by atoms with Gasteiger partial charge in [0.05, 0.1) is 4.47 Å². The summed E-state index contributed by atoms with van der Waals surface area (Å²) in [4.78, 5) is 0. The zero-order chi connectivity index (χ0) is 13.0. The second kappa shape index (κ2) is 6.36. The number of aryl methyl sites for hydroxylation is 1. The topological polar surface area (TPSA) is 38.0 Å². The molecule has 0 heterocycles. The first-order valence-electron chi connectivity index (χ1n) is 5.85. The third-order valence-electron chi connectivity index (χ3n) is 3.07. The number of nitrogens with one attached hydrogen (secondary N) is 1. The maximum atomic E-state index is 13.3. The van der Waals surface area contributed by atoms with Gasteiger partial charge < -0.3 is 11.1 Å². The van der Waals surface area contributed by atoms with Crippen molar-refractivity contribution in [3.8, 4) is 0 Å². The number of nitrogens with two attached hydrogens (primary N) is 1. The highest BCUT2D eigenvalue weighted by atomic mass is 79.9. The molecule has 1 rings (SSSR count). The predicted octanol–water partition coefficient (Wildman–Crippen LogP) is 3.54. The van der Waals surface area contributed by atoms with Crippen LogP contribution in [-0.2, 0) is 0 Å². The van der Waals surface area contributed by atoms with Crippen LogP contribution >= 0.6 is 15.9 Å². The Kier molecular flexibility index (Phi) is 5.40. The van der Waals surface area contributed by atoms with Gasteiger partial charge in [0.1, 0.15) is 5.82 Å². The molecule has 96 valence electrons. The van der Waals surface area contributed by atoms with Crippen LogP contribution in [0.1, 0.15) is 19.4 Å². The Balaban J connectivity index is 2.72. The van der Waals surface area contributed by atoms with Crippen molar-refractivity contribution >= 4 is 21.6 Å². The van der Waals surface area contributed by atoms with Crippen LogP contribution in [0.3, 0.4) is 0 Å². The second-order valence-electron chi connectivity index (χ2n) is 4.70. The normalized spacial score (nSPS) is 12.9. The van der Waals surface area contributed by atoms with Crippen molar-refractivity contribution in [2.24, 2.45) is 17.6 Å². The first kappa shape index (κ1) is 14.5. The van der Waals surface area contributed by atoms with E-state index in [4.69, 9.17) is 5.73 Å². The monoisotopic (exact) mass is 302 g/mol. The maximum absolute atomic E-state index is 13.3. The fourth-order valence-corrected chi connectivity index (χ4v) is 2.01. The van der Waals surface area contributed by atoms with Gasteiger partial charge in [0.15, 0.2) is 0 Å². The Labute approximate surface area is 111 Å². The smallest absolute Gasteiger partial charge is 0.137 e. The zero-order valence-electron chi connectivity index (χ0n) is 10.6. The molecule has 1 aromatic rings. The Bertz CT molecular complexity index is 380. The molecule has 3 N–H and O–H groups in total. The van der Waals surface area contributed by atoms with Crippen molar-refractivity contribution in [1.82, 2.24) is 0 Å². The lowest BCUT2D eigenvalue weighted by atomic mass is 9.96. The molecule has 0 saturated heterocycles. The first-order valence-corrected chi connectivity index (χ1v) is 6.64. The van der Waals surface area contributed by atoms with E-state index in [1.165, 1.54) is 6.07 Å². The van der Waals surface area contributed by atoms with Crippen LogP contribution in [0.4, 0.5) is 10.1 Å². The Hall–Kier alpha value is -0.610. The Morgan fingerprint density at radius 1 is 1.41 bits per heavy atom. The molecule has 0 amide bonds. The summed E-state index contributed by atoms with van der Waals surface area (Å²) in [7, 11) is 0. The SMILES string of the molecule is Cc1cc(F)c(Br)cc1NCC(CN)C(C)C. The van der Waals surface area contributed by atoms with Gasteiger partial charge in [0, 0.05) is 12.2 Å². The molecule has 0 aromatic heterocycles. The molecule has 0 aliphatic carbocycles.